The Morgan fingerprint density at radius 2 is 1.72 bits per heavy atom. The molecule has 54 heavy (non-hydrogen) atoms. The Kier molecular flexibility index (Phi) is 13.9. The number of ether oxygens (including phenoxy) is 7. The summed E-state index contributed by atoms with van der Waals surface area (Å²) in [5.41, 5.74) is 3.33. The number of nitrogens with zero attached hydrogens (tertiary/aromatic N) is 2. The Morgan fingerprint density at radius 1 is 0.981 bits per heavy atom. The van der Waals surface area contributed by atoms with Crippen LogP contribution in [0.4, 0.5) is 0 Å². The maximum Gasteiger partial charge on any atom is 0.355 e. The second-order valence-corrected chi connectivity index (χ2v) is 12.8. The van der Waals surface area contributed by atoms with E-state index in [0.717, 1.165) is 34.0 Å². The van der Waals surface area contributed by atoms with Crippen LogP contribution in [0.25, 0.3) is 22.3 Å². The summed E-state index contributed by atoms with van der Waals surface area (Å²) in [5.74, 6) is -3.38. The molecule has 0 saturated heterocycles. The van der Waals surface area contributed by atoms with Crippen molar-refractivity contribution in [3.63, 3.8) is 0 Å². The van der Waals surface area contributed by atoms with Crippen LogP contribution in [0.3, 0.4) is 0 Å². The van der Waals surface area contributed by atoms with Gasteiger partial charge in [0, 0.05) is 23.1 Å². The number of carbonyl (C=O) groups is 4. The van der Waals surface area contributed by atoms with E-state index >= 15 is 0 Å². The van der Waals surface area contributed by atoms with Crippen LogP contribution >= 0.6 is 0 Å². The van der Waals surface area contributed by atoms with Crippen LogP contribution in [0.1, 0.15) is 55.0 Å². The summed E-state index contributed by atoms with van der Waals surface area (Å²) in [4.78, 5) is 68.4. The monoisotopic (exact) mass is 753 g/mol. The number of esters is 2. The van der Waals surface area contributed by atoms with Crippen molar-refractivity contribution in [3.05, 3.63) is 62.4 Å². The maximum absolute atomic E-state index is 13.9. The molecule has 0 fully saturated rings. The molecule has 1 unspecified atom stereocenters. The standard InChI is InChI=1S/C38H47N3O13/c1-5-25-26-14-23(4)8-9-30(26)40-35-27(25)17-41-31(35)15-29-28(36(41)46)20-53-37(47)38(29,6-2)54-34(45)16-39-32(42)21-50-11-10-49-19-24(18-48-7-3)52-13-12-51-22-33(43)44/h8-9,14-15,24H,5-7,10-13,16-22H2,1-4H3,(H,39,42)(H,43,44)/t24?,38-/m0/s1. The summed E-state index contributed by atoms with van der Waals surface area (Å²) >= 11 is 0. The molecule has 0 radical (unpaired) electrons. The molecule has 5 rings (SSSR count). The first-order valence-electron chi connectivity index (χ1n) is 18.0. The van der Waals surface area contributed by atoms with Gasteiger partial charge < -0.3 is 48.1 Å². The molecule has 4 heterocycles. The van der Waals surface area contributed by atoms with Gasteiger partial charge in [0.1, 0.15) is 32.5 Å². The van der Waals surface area contributed by atoms with E-state index in [1.54, 1.807) is 17.6 Å². The van der Waals surface area contributed by atoms with Gasteiger partial charge in [-0.15, -0.1) is 0 Å². The third kappa shape index (κ3) is 9.13. The first kappa shape index (κ1) is 40.4. The molecule has 1 aromatic carbocycles. The Balaban J connectivity index is 1.16. The van der Waals surface area contributed by atoms with Crippen LogP contribution in [0.2, 0.25) is 0 Å². The van der Waals surface area contributed by atoms with Crippen molar-refractivity contribution in [3.8, 4) is 11.4 Å². The number of amides is 1. The molecular weight excluding hydrogens is 706 g/mol. The van der Waals surface area contributed by atoms with Crippen LogP contribution in [-0.2, 0) is 77.5 Å². The number of hydrogen-bond donors (Lipinski definition) is 2. The number of pyridine rings is 2. The number of carboxylic acids is 1. The lowest BCUT2D eigenvalue weighted by molar-refractivity contribution is -0.189. The van der Waals surface area contributed by atoms with Gasteiger partial charge in [-0.25, -0.2) is 14.6 Å². The summed E-state index contributed by atoms with van der Waals surface area (Å²) in [7, 11) is 0. The van der Waals surface area contributed by atoms with Gasteiger partial charge >= 0.3 is 17.9 Å². The molecule has 16 heteroatoms. The van der Waals surface area contributed by atoms with E-state index in [1.165, 1.54) is 0 Å². The van der Waals surface area contributed by atoms with Crippen LogP contribution in [-0.4, -0.2) is 111 Å². The van der Waals surface area contributed by atoms with Gasteiger partial charge in [-0.1, -0.05) is 25.5 Å². The number of nitrogens with one attached hydrogen (secondary N) is 1. The zero-order valence-corrected chi connectivity index (χ0v) is 31.0. The number of carbonyl (C=O) groups excluding carboxylic acids is 3. The van der Waals surface area contributed by atoms with Gasteiger partial charge in [-0.05, 0) is 50.5 Å². The summed E-state index contributed by atoms with van der Waals surface area (Å²) in [6, 6.07) is 7.75. The third-order valence-corrected chi connectivity index (χ3v) is 9.22. The fourth-order valence-electron chi connectivity index (χ4n) is 6.61. The highest BCUT2D eigenvalue weighted by Crippen LogP contribution is 2.42. The molecule has 2 aliphatic rings. The van der Waals surface area contributed by atoms with Crippen LogP contribution in [0.5, 0.6) is 0 Å². The number of aliphatic carboxylic acids is 1. The average Bonchev–Trinajstić information content (AvgIpc) is 3.52. The smallest absolute Gasteiger partial charge is 0.355 e. The van der Waals surface area contributed by atoms with Gasteiger partial charge in [0.05, 0.1) is 68.7 Å². The molecule has 2 aromatic heterocycles. The van der Waals surface area contributed by atoms with Gasteiger partial charge in [-0.2, -0.15) is 0 Å². The normalized spacial score (nSPS) is 16.3. The number of benzene rings is 1. The summed E-state index contributed by atoms with van der Waals surface area (Å²) < 4.78 is 39.7. The van der Waals surface area contributed by atoms with E-state index in [0.29, 0.717) is 24.5 Å². The molecule has 292 valence electrons. The van der Waals surface area contributed by atoms with Gasteiger partial charge in [0.2, 0.25) is 11.5 Å². The van der Waals surface area contributed by atoms with Crippen molar-refractivity contribution >= 4 is 34.7 Å². The van der Waals surface area contributed by atoms with Crippen molar-refractivity contribution in [2.75, 3.05) is 66.0 Å². The first-order chi connectivity index (χ1) is 26.0. The van der Waals surface area contributed by atoms with Crippen molar-refractivity contribution < 1.29 is 57.4 Å². The Hall–Kier alpha value is -4.74. The molecule has 1 amide bonds. The van der Waals surface area contributed by atoms with Gasteiger partial charge in [-0.3, -0.25) is 14.4 Å². The molecule has 2 N–H and O–H groups in total. The van der Waals surface area contributed by atoms with Crippen LogP contribution in [0.15, 0.2) is 29.1 Å². The van der Waals surface area contributed by atoms with E-state index < -0.39 is 48.7 Å². The molecule has 3 aromatic rings. The average molecular weight is 754 g/mol. The first-order valence-corrected chi connectivity index (χ1v) is 18.0. The number of aryl methyl sites for hydroxylation is 2. The minimum absolute atomic E-state index is 0.0169. The lowest BCUT2D eigenvalue weighted by Crippen LogP contribution is -2.48. The molecule has 0 saturated carbocycles. The number of aromatic nitrogens is 2. The SMILES string of the molecule is CCOCC(COCCOCC(=O)NCC(=O)O[C@]1(CC)C(=O)OCc2c1cc1n(c2=O)Cc2c-1nc1ccc(C)cc1c2CC)OCCOCC(=O)O. The fraction of sp³-hybridized carbons (Fsp3) is 0.526. The number of rotatable bonds is 21. The highest BCUT2D eigenvalue weighted by molar-refractivity contribution is 5.91. The summed E-state index contributed by atoms with van der Waals surface area (Å²) in [6.07, 6.45) is 0.298. The summed E-state index contributed by atoms with van der Waals surface area (Å²) in [5, 5.41) is 12.1. The molecule has 0 aliphatic carbocycles. The van der Waals surface area contributed by atoms with Gasteiger partial charge in [0.25, 0.3) is 5.56 Å². The Labute approximate surface area is 312 Å². The molecule has 2 atom stereocenters. The van der Waals surface area contributed by atoms with E-state index in [9.17, 15) is 24.0 Å². The minimum Gasteiger partial charge on any atom is -0.480 e. The van der Waals surface area contributed by atoms with E-state index in [2.05, 4.69) is 18.3 Å². The quantitative estimate of drug-likeness (QED) is 0.0927. The van der Waals surface area contributed by atoms with E-state index in [1.807, 2.05) is 26.0 Å². The predicted octanol–water partition coefficient (Wildman–Crippen LogP) is 2.17. The zero-order valence-electron chi connectivity index (χ0n) is 31.0. The van der Waals surface area contributed by atoms with E-state index in [4.69, 9.17) is 43.2 Å². The molecule has 0 spiro atoms. The van der Waals surface area contributed by atoms with Crippen molar-refractivity contribution in [1.82, 2.24) is 14.9 Å². The Bertz CT molecular complexity index is 1930. The molecule has 2 aliphatic heterocycles. The van der Waals surface area contributed by atoms with Crippen molar-refractivity contribution in [2.24, 2.45) is 0 Å². The highest BCUT2D eigenvalue weighted by atomic mass is 16.6. The molecule has 16 nitrogen and oxygen atoms in total. The van der Waals surface area contributed by atoms with Crippen molar-refractivity contribution in [1.29, 1.82) is 0 Å². The number of cyclic esters (lactones) is 1. The second-order valence-electron chi connectivity index (χ2n) is 12.8. The van der Waals surface area contributed by atoms with Gasteiger partial charge in [0.15, 0.2) is 0 Å². The lowest BCUT2D eigenvalue weighted by Gasteiger charge is -2.35. The minimum atomic E-state index is -1.91. The molecular formula is C38H47N3O13. The fourth-order valence-corrected chi connectivity index (χ4v) is 6.61. The third-order valence-electron chi connectivity index (χ3n) is 9.22. The summed E-state index contributed by atoms with van der Waals surface area (Å²) in [6.45, 7) is 7.65. The zero-order chi connectivity index (χ0) is 38.8. The predicted molar refractivity (Wildman–Crippen MR) is 192 cm³/mol. The number of hydrogen-bond acceptors (Lipinski definition) is 13. The van der Waals surface area contributed by atoms with Crippen LogP contribution in [0, 0.1) is 6.92 Å². The topological polar surface area (TPSA) is 200 Å². The Morgan fingerprint density at radius 3 is 2.46 bits per heavy atom. The second kappa shape index (κ2) is 18.5. The largest absolute Gasteiger partial charge is 0.480 e. The maximum atomic E-state index is 13.9. The van der Waals surface area contributed by atoms with Crippen molar-refractivity contribution in [2.45, 2.75) is 65.4 Å². The highest BCUT2D eigenvalue weighted by Gasteiger charge is 2.50. The van der Waals surface area contributed by atoms with E-state index in [-0.39, 0.29) is 76.0 Å². The number of carboxylic acid groups (broad SMARTS) is 1. The lowest BCUT2D eigenvalue weighted by atomic mass is 9.85. The number of fused-ring (bicyclic) bond motifs is 5. The molecule has 0 bridgehead atoms. The van der Waals surface area contributed by atoms with Crippen LogP contribution < -0.4 is 10.9 Å².